The molecule has 3 rings (SSSR count). The van der Waals surface area contributed by atoms with Crippen molar-refractivity contribution in [1.29, 1.82) is 0 Å². The number of benzene rings is 1. The lowest BCUT2D eigenvalue weighted by atomic mass is 10.2. The summed E-state index contributed by atoms with van der Waals surface area (Å²) >= 11 is 5.99. The molecule has 1 amide bonds. The minimum atomic E-state index is -0.244. The zero-order valence-corrected chi connectivity index (χ0v) is 19.4. The number of hydrogen-bond donors (Lipinski definition) is 1. The third-order valence-electron chi connectivity index (χ3n) is 5.80. The number of amides is 1. The predicted octanol–water partition coefficient (Wildman–Crippen LogP) is 2.97. The topological polar surface area (TPSA) is 72.2 Å². The van der Waals surface area contributed by atoms with Gasteiger partial charge in [0.15, 0.2) is 0 Å². The molecule has 7 nitrogen and oxygen atoms in total. The van der Waals surface area contributed by atoms with E-state index in [1.807, 2.05) is 38.1 Å². The number of hydrogen-bond acceptors (Lipinski definition) is 4. The molecule has 3 aromatic rings. The summed E-state index contributed by atoms with van der Waals surface area (Å²) in [6.45, 7) is 11.9. The maximum absolute atomic E-state index is 13.1. The lowest BCUT2D eigenvalue weighted by molar-refractivity contribution is -0.121. The second kappa shape index (κ2) is 10.1. The van der Waals surface area contributed by atoms with Gasteiger partial charge < -0.3 is 14.8 Å². The molecule has 0 aliphatic rings. The van der Waals surface area contributed by atoms with Crippen molar-refractivity contribution in [3.63, 3.8) is 0 Å². The first-order valence-corrected chi connectivity index (χ1v) is 11.0. The summed E-state index contributed by atoms with van der Waals surface area (Å²) in [5, 5.41) is 9.25. The van der Waals surface area contributed by atoms with Crippen LogP contribution in [0.4, 0.5) is 0 Å². The molecule has 0 bridgehead atoms. The van der Waals surface area contributed by atoms with E-state index in [9.17, 15) is 9.59 Å². The maximum atomic E-state index is 13.1. The molecule has 0 unspecified atom stereocenters. The lowest BCUT2D eigenvalue weighted by Gasteiger charge is -2.17. The van der Waals surface area contributed by atoms with E-state index >= 15 is 0 Å². The van der Waals surface area contributed by atoms with Crippen molar-refractivity contribution in [2.45, 2.75) is 40.8 Å². The zero-order chi connectivity index (χ0) is 22.5. The fourth-order valence-electron chi connectivity index (χ4n) is 3.85. The number of carbonyl (C=O) groups excluding carboxylic acids is 1. The van der Waals surface area contributed by atoms with Crippen LogP contribution in [0.3, 0.4) is 0 Å². The van der Waals surface area contributed by atoms with Crippen LogP contribution < -0.4 is 10.9 Å². The summed E-state index contributed by atoms with van der Waals surface area (Å²) in [7, 11) is 0. The summed E-state index contributed by atoms with van der Waals surface area (Å²) in [5.74, 6) is -0.212. The van der Waals surface area contributed by atoms with E-state index in [0.29, 0.717) is 23.5 Å². The van der Waals surface area contributed by atoms with E-state index in [0.717, 1.165) is 42.0 Å². The van der Waals surface area contributed by atoms with E-state index in [2.05, 4.69) is 33.7 Å². The fourth-order valence-corrected chi connectivity index (χ4v) is 3.98. The molecule has 0 aliphatic heterocycles. The van der Waals surface area contributed by atoms with Crippen molar-refractivity contribution >= 4 is 28.3 Å². The highest BCUT2D eigenvalue weighted by atomic mass is 35.5. The van der Waals surface area contributed by atoms with E-state index in [-0.39, 0.29) is 18.0 Å². The Labute approximate surface area is 187 Å². The van der Waals surface area contributed by atoms with Gasteiger partial charge in [-0.3, -0.25) is 9.59 Å². The second-order valence-electron chi connectivity index (χ2n) is 7.66. The van der Waals surface area contributed by atoms with E-state index in [4.69, 9.17) is 11.6 Å². The molecule has 31 heavy (non-hydrogen) atoms. The molecule has 0 saturated carbocycles. The normalized spacial score (nSPS) is 11.4. The number of nitrogens with one attached hydrogen (secondary N) is 1. The Morgan fingerprint density at radius 2 is 1.81 bits per heavy atom. The van der Waals surface area contributed by atoms with Gasteiger partial charge in [0.2, 0.25) is 5.91 Å². The first-order valence-electron chi connectivity index (χ1n) is 10.6. The first kappa shape index (κ1) is 23.0. The Morgan fingerprint density at radius 1 is 1.13 bits per heavy atom. The van der Waals surface area contributed by atoms with Gasteiger partial charge in [0.05, 0.1) is 11.6 Å². The molecule has 166 valence electrons. The number of rotatable bonds is 9. The van der Waals surface area contributed by atoms with Gasteiger partial charge in [-0.05, 0) is 44.6 Å². The third-order valence-corrected chi connectivity index (χ3v) is 6.05. The molecule has 2 aromatic heterocycles. The minimum absolute atomic E-state index is 0.0894. The standard InChI is InChI=1S/C23H30ClN5O2/c1-5-27(6-2)12-11-25-21(30)15-29-23(31)22-17(4)28(16(3)20(22)13-26-29)14-18-7-9-19(24)10-8-18/h7-10,13H,5-6,11-12,14-15H2,1-4H3,(H,25,30). The van der Waals surface area contributed by atoms with Crippen LogP contribution in [0.2, 0.25) is 5.02 Å². The summed E-state index contributed by atoms with van der Waals surface area (Å²) < 4.78 is 3.35. The van der Waals surface area contributed by atoms with Gasteiger partial charge in [0.1, 0.15) is 6.54 Å². The molecule has 0 atom stereocenters. The molecule has 1 aromatic carbocycles. The number of fused-ring (bicyclic) bond motifs is 1. The highest BCUT2D eigenvalue weighted by Gasteiger charge is 2.17. The first-order chi connectivity index (χ1) is 14.8. The van der Waals surface area contributed by atoms with Crippen LogP contribution in [0.25, 0.3) is 10.8 Å². The van der Waals surface area contributed by atoms with E-state index in [1.165, 1.54) is 4.68 Å². The van der Waals surface area contributed by atoms with Gasteiger partial charge in [-0.15, -0.1) is 0 Å². The van der Waals surface area contributed by atoms with Gasteiger partial charge in [-0.25, -0.2) is 4.68 Å². The van der Waals surface area contributed by atoms with Crippen molar-refractivity contribution in [3.8, 4) is 0 Å². The quantitative estimate of drug-likeness (QED) is 0.551. The van der Waals surface area contributed by atoms with Crippen LogP contribution in [-0.4, -0.2) is 51.3 Å². The number of aryl methyl sites for hydroxylation is 2. The number of aromatic nitrogens is 3. The Balaban J connectivity index is 1.80. The Hall–Kier alpha value is -2.64. The maximum Gasteiger partial charge on any atom is 0.276 e. The lowest BCUT2D eigenvalue weighted by Crippen LogP contribution is -2.38. The number of likely N-dealkylation sites (N-methyl/N-ethyl adjacent to an activating group) is 1. The Morgan fingerprint density at radius 3 is 2.45 bits per heavy atom. The van der Waals surface area contributed by atoms with Crippen molar-refractivity contribution < 1.29 is 4.79 Å². The molecule has 8 heteroatoms. The van der Waals surface area contributed by atoms with Crippen molar-refractivity contribution in [1.82, 2.24) is 24.6 Å². The monoisotopic (exact) mass is 443 g/mol. The van der Waals surface area contributed by atoms with Crippen LogP contribution in [0, 0.1) is 13.8 Å². The van der Waals surface area contributed by atoms with Gasteiger partial charge in [0, 0.05) is 41.4 Å². The van der Waals surface area contributed by atoms with E-state index in [1.54, 1.807) is 6.20 Å². The molecule has 0 spiro atoms. The van der Waals surface area contributed by atoms with Crippen molar-refractivity contribution in [2.24, 2.45) is 0 Å². The summed E-state index contributed by atoms with van der Waals surface area (Å²) in [6, 6.07) is 7.67. The number of halogens is 1. The molecular formula is C23H30ClN5O2. The van der Waals surface area contributed by atoms with Crippen LogP contribution in [0.5, 0.6) is 0 Å². The number of carbonyl (C=O) groups is 1. The van der Waals surface area contributed by atoms with E-state index < -0.39 is 0 Å². The molecule has 0 fully saturated rings. The van der Waals surface area contributed by atoms with Crippen molar-refractivity contribution in [3.05, 3.63) is 62.8 Å². The average Bonchev–Trinajstić information content (AvgIpc) is 3.00. The molecule has 2 heterocycles. The molecule has 0 radical (unpaired) electrons. The van der Waals surface area contributed by atoms with Gasteiger partial charge in [-0.1, -0.05) is 37.6 Å². The predicted molar refractivity (Wildman–Crippen MR) is 125 cm³/mol. The van der Waals surface area contributed by atoms with Crippen LogP contribution in [0.1, 0.15) is 30.8 Å². The second-order valence-corrected chi connectivity index (χ2v) is 8.09. The van der Waals surface area contributed by atoms with Gasteiger partial charge >= 0.3 is 0 Å². The Bertz CT molecular complexity index is 1110. The van der Waals surface area contributed by atoms with Gasteiger partial charge in [0.25, 0.3) is 5.56 Å². The largest absolute Gasteiger partial charge is 0.353 e. The summed E-state index contributed by atoms with van der Waals surface area (Å²) in [6.07, 6.45) is 1.68. The van der Waals surface area contributed by atoms with Crippen LogP contribution >= 0.6 is 11.6 Å². The summed E-state index contributed by atoms with van der Waals surface area (Å²) in [4.78, 5) is 27.7. The SMILES string of the molecule is CCN(CC)CCNC(=O)Cn1ncc2c(C)n(Cc3ccc(Cl)cc3)c(C)c2c1=O. The molecule has 1 N–H and O–H groups in total. The molecule has 0 aliphatic carbocycles. The van der Waals surface area contributed by atoms with Crippen molar-refractivity contribution in [2.75, 3.05) is 26.2 Å². The van der Waals surface area contributed by atoms with Crippen LogP contribution in [0.15, 0.2) is 35.3 Å². The highest BCUT2D eigenvalue weighted by molar-refractivity contribution is 6.30. The molecule has 0 saturated heterocycles. The minimum Gasteiger partial charge on any atom is -0.353 e. The number of nitrogens with zero attached hydrogens (tertiary/aromatic N) is 4. The fraction of sp³-hybridized carbons (Fsp3) is 0.435. The Kier molecular flexibility index (Phi) is 7.51. The van der Waals surface area contributed by atoms with Gasteiger partial charge in [-0.2, -0.15) is 5.10 Å². The smallest absolute Gasteiger partial charge is 0.276 e. The average molecular weight is 444 g/mol. The van der Waals surface area contributed by atoms with Crippen LogP contribution in [-0.2, 0) is 17.9 Å². The molecular weight excluding hydrogens is 414 g/mol. The summed E-state index contributed by atoms with van der Waals surface area (Å²) in [5.41, 5.74) is 2.69. The highest BCUT2D eigenvalue weighted by Crippen LogP contribution is 2.23. The zero-order valence-electron chi connectivity index (χ0n) is 18.6. The third kappa shape index (κ3) is 5.17.